The van der Waals surface area contributed by atoms with Gasteiger partial charge in [-0.2, -0.15) is 15.2 Å². The maximum atomic E-state index is 14.3. The predicted octanol–water partition coefficient (Wildman–Crippen LogP) is 3.71. The van der Waals surface area contributed by atoms with Gasteiger partial charge in [0.05, 0.1) is 23.4 Å². The standard InChI is InChI=1S/C28H33FN6O3/c1-16-6-8-28(24-19(16)4-5-22(31)20(24)12-30)11-23-21(14-38-28)25(32-17(2)36)34-26(33-23)37-15-27-7-3-9-35(27)13-18(29)10-27/h4-5,16,18H,3,6-11,13-15,31H2,1-2H3,(H,32,33,34,36). The van der Waals surface area contributed by atoms with E-state index in [4.69, 9.17) is 20.2 Å². The first-order chi connectivity index (χ1) is 18.2. The second-order valence-corrected chi connectivity index (χ2v) is 11.3. The lowest BCUT2D eigenvalue weighted by atomic mass is 9.69. The molecule has 0 bridgehead atoms. The number of amides is 1. The maximum Gasteiger partial charge on any atom is 0.318 e. The van der Waals surface area contributed by atoms with Crippen LogP contribution in [0.4, 0.5) is 15.9 Å². The number of halogens is 1. The number of nitrogens with two attached hydrogens (primary N) is 1. The molecule has 0 saturated carbocycles. The van der Waals surface area contributed by atoms with E-state index in [2.05, 4.69) is 28.2 Å². The molecule has 1 spiro atoms. The molecule has 1 aromatic heterocycles. The topological polar surface area (TPSA) is 126 Å². The SMILES string of the molecule is CC(=O)Nc1nc(OCC23CCCN2CC(F)C3)nc2c1COC1(CCC(C)c3ccc(N)c(C#N)c31)C2. The Bertz CT molecular complexity index is 1340. The van der Waals surface area contributed by atoms with Crippen molar-refractivity contribution in [3.05, 3.63) is 40.1 Å². The predicted molar refractivity (Wildman–Crippen MR) is 138 cm³/mol. The van der Waals surface area contributed by atoms with Crippen LogP contribution in [0, 0.1) is 11.3 Å². The lowest BCUT2D eigenvalue weighted by molar-refractivity contribution is -0.114. The highest BCUT2D eigenvalue weighted by atomic mass is 19.1. The van der Waals surface area contributed by atoms with E-state index in [-0.39, 0.29) is 30.0 Å². The summed E-state index contributed by atoms with van der Waals surface area (Å²) in [7, 11) is 0. The van der Waals surface area contributed by atoms with Gasteiger partial charge in [-0.15, -0.1) is 0 Å². The number of fused-ring (bicyclic) bond motifs is 4. The molecule has 10 heteroatoms. The fourth-order valence-corrected chi connectivity index (χ4v) is 7.03. The van der Waals surface area contributed by atoms with Crippen LogP contribution in [-0.4, -0.2) is 52.2 Å². The molecule has 0 radical (unpaired) electrons. The van der Waals surface area contributed by atoms with Crippen LogP contribution in [0.1, 0.15) is 79.8 Å². The third kappa shape index (κ3) is 4.00. The van der Waals surface area contributed by atoms with E-state index >= 15 is 0 Å². The minimum absolute atomic E-state index is 0.158. The number of benzene rings is 1. The molecule has 4 heterocycles. The number of nitriles is 1. The molecule has 2 aromatic rings. The quantitative estimate of drug-likeness (QED) is 0.585. The summed E-state index contributed by atoms with van der Waals surface area (Å²) >= 11 is 0. The number of alkyl halides is 1. The van der Waals surface area contributed by atoms with E-state index in [1.165, 1.54) is 6.92 Å². The van der Waals surface area contributed by atoms with Gasteiger partial charge in [0, 0.05) is 43.1 Å². The van der Waals surface area contributed by atoms with Crippen molar-refractivity contribution in [3.63, 3.8) is 0 Å². The lowest BCUT2D eigenvalue weighted by Gasteiger charge is -2.44. The number of carbonyl (C=O) groups is 1. The number of carbonyl (C=O) groups excluding carboxylic acids is 1. The van der Waals surface area contributed by atoms with Crippen molar-refractivity contribution in [2.24, 2.45) is 0 Å². The van der Waals surface area contributed by atoms with Gasteiger partial charge in [0.2, 0.25) is 5.91 Å². The van der Waals surface area contributed by atoms with Crippen molar-refractivity contribution in [2.45, 2.75) is 82.2 Å². The largest absolute Gasteiger partial charge is 0.461 e. The molecule has 1 aliphatic carbocycles. The average Bonchev–Trinajstić information content (AvgIpc) is 3.40. The Balaban J connectivity index is 1.37. The van der Waals surface area contributed by atoms with Gasteiger partial charge in [0.1, 0.15) is 30.3 Å². The summed E-state index contributed by atoms with van der Waals surface area (Å²) < 4.78 is 27.0. The smallest absolute Gasteiger partial charge is 0.318 e. The summed E-state index contributed by atoms with van der Waals surface area (Å²) in [6, 6.07) is 6.26. The Kier molecular flexibility index (Phi) is 6.04. The number of hydrogen-bond donors (Lipinski definition) is 2. The molecule has 9 nitrogen and oxygen atoms in total. The summed E-state index contributed by atoms with van der Waals surface area (Å²) in [5.41, 5.74) is 9.35. The minimum Gasteiger partial charge on any atom is -0.461 e. The van der Waals surface area contributed by atoms with Crippen molar-refractivity contribution in [1.29, 1.82) is 5.26 Å². The van der Waals surface area contributed by atoms with Crippen LogP contribution in [0.2, 0.25) is 0 Å². The zero-order chi connectivity index (χ0) is 26.7. The zero-order valence-corrected chi connectivity index (χ0v) is 21.8. The molecule has 3 N–H and O–H groups in total. The van der Waals surface area contributed by atoms with Crippen LogP contribution >= 0.6 is 0 Å². The van der Waals surface area contributed by atoms with Gasteiger partial charge in [-0.05, 0) is 49.8 Å². The lowest BCUT2D eigenvalue weighted by Crippen LogP contribution is -2.44. The van der Waals surface area contributed by atoms with Gasteiger partial charge in [-0.3, -0.25) is 9.69 Å². The van der Waals surface area contributed by atoms with Crippen molar-refractivity contribution in [1.82, 2.24) is 14.9 Å². The number of nitrogen functional groups attached to an aromatic ring is 1. The number of rotatable bonds is 4. The molecule has 2 fully saturated rings. The molecule has 4 aliphatic rings. The van der Waals surface area contributed by atoms with Crippen LogP contribution in [0.3, 0.4) is 0 Å². The Morgan fingerprint density at radius 1 is 1.39 bits per heavy atom. The highest BCUT2D eigenvalue weighted by Gasteiger charge is 2.50. The molecule has 1 aromatic carbocycles. The normalized spacial score (nSPS) is 29.8. The minimum atomic E-state index is -0.856. The third-order valence-corrected chi connectivity index (χ3v) is 8.89. The van der Waals surface area contributed by atoms with Crippen LogP contribution in [-0.2, 0) is 28.2 Å². The van der Waals surface area contributed by atoms with E-state index in [1.54, 1.807) is 6.07 Å². The van der Waals surface area contributed by atoms with Gasteiger partial charge >= 0.3 is 6.01 Å². The van der Waals surface area contributed by atoms with E-state index < -0.39 is 11.8 Å². The first-order valence-electron chi connectivity index (χ1n) is 13.4. The number of anilines is 2. The number of ether oxygens (including phenoxy) is 2. The average molecular weight is 521 g/mol. The van der Waals surface area contributed by atoms with Crippen molar-refractivity contribution >= 4 is 17.4 Å². The Labute approximate surface area is 221 Å². The van der Waals surface area contributed by atoms with Crippen LogP contribution in [0.5, 0.6) is 6.01 Å². The molecule has 3 aliphatic heterocycles. The Morgan fingerprint density at radius 2 is 2.24 bits per heavy atom. The summed E-state index contributed by atoms with van der Waals surface area (Å²) in [4.78, 5) is 23.5. The van der Waals surface area contributed by atoms with Gasteiger partial charge in [-0.25, -0.2) is 4.39 Å². The maximum absolute atomic E-state index is 14.3. The zero-order valence-electron chi connectivity index (χ0n) is 21.8. The third-order valence-electron chi connectivity index (χ3n) is 8.89. The molecule has 4 unspecified atom stereocenters. The first-order valence-corrected chi connectivity index (χ1v) is 13.4. The van der Waals surface area contributed by atoms with Crippen LogP contribution in [0.25, 0.3) is 0 Å². The fraction of sp³-hybridized carbons (Fsp3) is 0.571. The summed E-state index contributed by atoms with van der Waals surface area (Å²) in [6.07, 6.45) is 3.49. The second kappa shape index (κ2) is 9.17. The van der Waals surface area contributed by atoms with Crippen molar-refractivity contribution < 1.29 is 18.7 Å². The van der Waals surface area contributed by atoms with Gasteiger partial charge in [0.15, 0.2) is 0 Å². The van der Waals surface area contributed by atoms with Gasteiger partial charge in [-0.1, -0.05) is 13.0 Å². The summed E-state index contributed by atoms with van der Waals surface area (Å²) in [6.45, 7) is 5.36. The van der Waals surface area contributed by atoms with Crippen LogP contribution in [0.15, 0.2) is 12.1 Å². The monoisotopic (exact) mass is 520 g/mol. The molecule has 200 valence electrons. The molecule has 38 heavy (non-hydrogen) atoms. The number of hydrogen-bond acceptors (Lipinski definition) is 8. The Hall–Kier alpha value is -3.29. The molecule has 4 atom stereocenters. The van der Waals surface area contributed by atoms with Crippen LogP contribution < -0.4 is 15.8 Å². The molecular weight excluding hydrogens is 487 g/mol. The number of aromatic nitrogens is 2. The van der Waals surface area contributed by atoms with Gasteiger partial charge < -0.3 is 20.5 Å². The van der Waals surface area contributed by atoms with E-state index in [0.29, 0.717) is 60.7 Å². The second-order valence-electron chi connectivity index (χ2n) is 11.3. The summed E-state index contributed by atoms with van der Waals surface area (Å²) in [5, 5.41) is 12.8. The molecule has 2 saturated heterocycles. The number of nitrogens with one attached hydrogen (secondary N) is 1. The molecular formula is C28H33FN6O3. The molecule has 6 rings (SSSR count). The summed E-state index contributed by atoms with van der Waals surface area (Å²) in [5.74, 6) is 0.373. The number of nitrogens with zero attached hydrogens (tertiary/aromatic N) is 4. The van der Waals surface area contributed by atoms with Gasteiger partial charge in [0.25, 0.3) is 0 Å². The molecule has 1 amide bonds. The highest BCUT2D eigenvalue weighted by Crippen LogP contribution is 2.51. The Morgan fingerprint density at radius 3 is 3.03 bits per heavy atom. The van der Waals surface area contributed by atoms with E-state index in [9.17, 15) is 14.4 Å². The highest BCUT2D eigenvalue weighted by molar-refractivity contribution is 5.88. The van der Waals surface area contributed by atoms with Crippen molar-refractivity contribution in [2.75, 3.05) is 30.7 Å². The fourth-order valence-electron chi connectivity index (χ4n) is 7.03. The van der Waals surface area contributed by atoms with E-state index in [0.717, 1.165) is 36.9 Å². The van der Waals surface area contributed by atoms with E-state index in [1.807, 2.05) is 6.07 Å². The van der Waals surface area contributed by atoms with Crippen molar-refractivity contribution in [3.8, 4) is 12.1 Å². The first kappa shape index (κ1) is 25.0.